The van der Waals surface area contributed by atoms with Crippen LogP contribution in [0.2, 0.25) is 0 Å². The van der Waals surface area contributed by atoms with Crippen LogP contribution < -0.4 is 4.90 Å². The SMILES string of the molecule is COC(=O)C1(c2ccccc2)CCN(c2ccc3nccnc3n2)CC1. The average molecular weight is 348 g/mol. The Morgan fingerprint density at radius 2 is 1.77 bits per heavy atom. The number of ether oxygens (including phenoxy) is 1. The van der Waals surface area contributed by atoms with Crippen LogP contribution >= 0.6 is 0 Å². The predicted octanol–water partition coefficient (Wildman–Crippen LogP) is 2.74. The van der Waals surface area contributed by atoms with Gasteiger partial charge in [0.15, 0.2) is 5.65 Å². The highest BCUT2D eigenvalue weighted by molar-refractivity contribution is 5.83. The Morgan fingerprint density at radius 3 is 2.50 bits per heavy atom. The Labute approximate surface area is 151 Å². The second-order valence-electron chi connectivity index (χ2n) is 6.50. The third-order valence-corrected chi connectivity index (χ3v) is 5.16. The third-order valence-electron chi connectivity index (χ3n) is 5.16. The molecule has 26 heavy (non-hydrogen) atoms. The summed E-state index contributed by atoms with van der Waals surface area (Å²) >= 11 is 0. The van der Waals surface area contributed by atoms with Gasteiger partial charge in [0, 0.05) is 25.5 Å². The lowest BCUT2D eigenvalue weighted by Crippen LogP contribution is -2.48. The summed E-state index contributed by atoms with van der Waals surface area (Å²) in [7, 11) is 1.46. The Morgan fingerprint density at radius 1 is 1.04 bits per heavy atom. The zero-order valence-corrected chi connectivity index (χ0v) is 14.6. The number of methoxy groups -OCH3 is 1. The molecule has 0 amide bonds. The molecule has 132 valence electrons. The molecular formula is C20H20N4O2. The minimum absolute atomic E-state index is 0.166. The first kappa shape index (κ1) is 16.4. The van der Waals surface area contributed by atoms with Crippen LogP contribution in [0.25, 0.3) is 11.2 Å². The summed E-state index contributed by atoms with van der Waals surface area (Å²) in [5.74, 6) is 0.699. The molecule has 6 heteroatoms. The highest BCUT2D eigenvalue weighted by atomic mass is 16.5. The largest absolute Gasteiger partial charge is 0.468 e. The smallest absolute Gasteiger partial charge is 0.316 e. The van der Waals surface area contributed by atoms with Crippen molar-refractivity contribution in [3.05, 3.63) is 60.4 Å². The molecule has 1 fully saturated rings. The molecule has 3 heterocycles. The Bertz CT molecular complexity index is 921. The van der Waals surface area contributed by atoms with Crippen LogP contribution in [0.1, 0.15) is 18.4 Å². The molecule has 1 saturated heterocycles. The molecular weight excluding hydrogens is 328 g/mol. The van der Waals surface area contributed by atoms with Crippen LogP contribution in [0.15, 0.2) is 54.9 Å². The first-order valence-corrected chi connectivity index (χ1v) is 8.70. The van der Waals surface area contributed by atoms with Crippen LogP contribution in [0.5, 0.6) is 0 Å². The van der Waals surface area contributed by atoms with E-state index in [1.54, 1.807) is 12.4 Å². The lowest BCUT2D eigenvalue weighted by molar-refractivity contribution is -0.148. The summed E-state index contributed by atoms with van der Waals surface area (Å²) in [4.78, 5) is 28.0. The van der Waals surface area contributed by atoms with Gasteiger partial charge in [-0.25, -0.2) is 9.97 Å². The molecule has 0 aliphatic carbocycles. The fourth-order valence-electron chi connectivity index (χ4n) is 3.70. The molecule has 0 radical (unpaired) electrons. The number of fused-ring (bicyclic) bond motifs is 1. The van der Waals surface area contributed by atoms with Gasteiger partial charge in [0.25, 0.3) is 0 Å². The van der Waals surface area contributed by atoms with E-state index in [0.29, 0.717) is 18.5 Å². The molecule has 4 rings (SSSR count). The number of carbonyl (C=O) groups is 1. The second-order valence-corrected chi connectivity index (χ2v) is 6.50. The number of aromatic nitrogens is 3. The number of hydrogen-bond acceptors (Lipinski definition) is 6. The van der Waals surface area contributed by atoms with Crippen LogP contribution in [0.3, 0.4) is 0 Å². The summed E-state index contributed by atoms with van der Waals surface area (Å²) in [6.07, 6.45) is 4.68. The summed E-state index contributed by atoms with van der Waals surface area (Å²) in [6.45, 7) is 1.45. The molecule has 0 unspecified atom stereocenters. The number of carbonyl (C=O) groups excluding carboxylic acids is 1. The molecule has 2 aromatic heterocycles. The maximum atomic E-state index is 12.6. The van der Waals surface area contributed by atoms with Gasteiger partial charge in [0.2, 0.25) is 0 Å². The van der Waals surface area contributed by atoms with Gasteiger partial charge in [-0.3, -0.25) is 9.78 Å². The van der Waals surface area contributed by atoms with Crippen molar-refractivity contribution >= 4 is 23.0 Å². The van der Waals surface area contributed by atoms with Gasteiger partial charge in [-0.1, -0.05) is 30.3 Å². The molecule has 0 atom stereocenters. The lowest BCUT2D eigenvalue weighted by Gasteiger charge is -2.40. The Hall–Kier alpha value is -3.02. The molecule has 1 aliphatic heterocycles. The quantitative estimate of drug-likeness (QED) is 0.678. The van der Waals surface area contributed by atoms with E-state index in [2.05, 4.69) is 19.9 Å². The number of rotatable bonds is 3. The monoisotopic (exact) mass is 348 g/mol. The number of pyridine rings is 1. The number of nitrogens with zero attached hydrogens (tertiary/aromatic N) is 4. The standard InChI is InChI=1S/C20H20N4O2/c1-26-19(25)20(15-5-3-2-4-6-15)9-13-24(14-10-20)17-8-7-16-18(23-17)22-12-11-21-16/h2-8,11-12H,9-10,13-14H2,1H3. The van der Waals surface area contributed by atoms with E-state index >= 15 is 0 Å². The second kappa shape index (κ2) is 6.71. The van der Waals surface area contributed by atoms with Gasteiger partial charge in [-0.2, -0.15) is 0 Å². The predicted molar refractivity (Wildman–Crippen MR) is 98.9 cm³/mol. The summed E-state index contributed by atoms with van der Waals surface area (Å²) < 4.78 is 5.15. The van der Waals surface area contributed by atoms with Crippen molar-refractivity contribution in [2.24, 2.45) is 0 Å². The zero-order chi connectivity index (χ0) is 18.0. The first-order valence-electron chi connectivity index (χ1n) is 8.70. The van der Waals surface area contributed by atoms with Crippen molar-refractivity contribution in [2.75, 3.05) is 25.1 Å². The van der Waals surface area contributed by atoms with Crippen molar-refractivity contribution in [1.29, 1.82) is 0 Å². The van der Waals surface area contributed by atoms with Crippen LogP contribution in [-0.2, 0) is 14.9 Å². The van der Waals surface area contributed by atoms with E-state index in [9.17, 15) is 4.79 Å². The van der Waals surface area contributed by atoms with Gasteiger partial charge in [-0.15, -0.1) is 0 Å². The van der Waals surface area contributed by atoms with E-state index in [4.69, 9.17) is 4.74 Å². The minimum Gasteiger partial charge on any atom is -0.468 e. The van der Waals surface area contributed by atoms with Gasteiger partial charge < -0.3 is 9.64 Å². The van der Waals surface area contributed by atoms with Crippen molar-refractivity contribution in [3.8, 4) is 0 Å². The van der Waals surface area contributed by atoms with E-state index < -0.39 is 5.41 Å². The molecule has 6 nitrogen and oxygen atoms in total. The maximum Gasteiger partial charge on any atom is 0.316 e. The average Bonchev–Trinajstić information content (AvgIpc) is 2.73. The van der Waals surface area contributed by atoms with Gasteiger partial charge in [0.1, 0.15) is 11.3 Å². The molecule has 0 saturated carbocycles. The topological polar surface area (TPSA) is 68.2 Å². The van der Waals surface area contributed by atoms with Crippen molar-refractivity contribution in [3.63, 3.8) is 0 Å². The molecule has 0 spiro atoms. The van der Waals surface area contributed by atoms with Crippen molar-refractivity contribution in [1.82, 2.24) is 15.0 Å². The highest BCUT2D eigenvalue weighted by Crippen LogP contribution is 2.37. The number of piperidine rings is 1. The number of hydrogen-bond donors (Lipinski definition) is 0. The first-order chi connectivity index (χ1) is 12.7. The van der Waals surface area contributed by atoms with Gasteiger partial charge in [0.05, 0.1) is 12.5 Å². The number of esters is 1. The number of benzene rings is 1. The van der Waals surface area contributed by atoms with Crippen LogP contribution in [-0.4, -0.2) is 41.1 Å². The van der Waals surface area contributed by atoms with E-state index in [0.717, 1.165) is 30.0 Å². The van der Waals surface area contributed by atoms with E-state index in [1.807, 2.05) is 42.5 Å². The molecule has 1 aliphatic rings. The minimum atomic E-state index is -0.594. The lowest BCUT2D eigenvalue weighted by atomic mass is 9.72. The van der Waals surface area contributed by atoms with Gasteiger partial charge in [-0.05, 0) is 30.5 Å². The summed E-state index contributed by atoms with van der Waals surface area (Å²) in [6, 6.07) is 13.8. The van der Waals surface area contributed by atoms with E-state index in [-0.39, 0.29) is 5.97 Å². The summed E-state index contributed by atoms with van der Waals surface area (Å²) in [5.41, 5.74) is 1.84. The number of anilines is 1. The van der Waals surface area contributed by atoms with Crippen LogP contribution in [0.4, 0.5) is 5.82 Å². The molecule has 1 aromatic carbocycles. The van der Waals surface area contributed by atoms with Crippen molar-refractivity contribution in [2.45, 2.75) is 18.3 Å². The third kappa shape index (κ3) is 2.77. The maximum absolute atomic E-state index is 12.6. The van der Waals surface area contributed by atoms with Crippen molar-refractivity contribution < 1.29 is 9.53 Å². The molecule has 0 bridgehead atoms. The normalized spacial score (nSPS) is 16.4. The van der Waals surface area contributed by atoms with Gasteiger partial charge >= 0.3 is 5.97 Å². The fourth-order valence-corrected chi connectivity index (χ4v) is 3.70. The zero-order valence-electron chi connectivity index (χ0n) is 14.6. The molecule has 0 N–H and O–H groups in total. The van der Waals surface area contributed by atoms with Crippen LogP contribution in [0, 0.1) is 0 Å². The molecule has 3 aromatic rings. The Balaban J connectivity index is 1.60. The fraction of sp³-hybridized carbons (Fsp3) is 0.300. The summed E-state index contributed by atoms with van der Waals surface area (Å²) in [5, 5.41) is 0. The van der Waals surface area contributed by atoms with E-state index in [1.165, 1.54) is 7.11 Å². The highest BCUT2D eigenvalue weighted by Gasteiger charge is 2.44. The Kier molecular flexibility index (Phi) is 4.24.